The summed E-state index contributed by atoms with van der Waals surface area (Å²) in [4.78, 5) is 17.8. The van der Waals surface area contributed by atoms with Gasteiger partial charge in [0.25, 0.3) is 0 Å². The largest absolute Gasteiger partial charge is 0.465 e. The molecule has 0 saturated heterocycles. The molecule has 0 fully saturated rings. The van der Waals surface area contributed by atoms with E-state index in [4.69, 9.17) is 10.8 Å². The smallest absolute Gasteiger partial charge is 0.404 e. The van der Waals surface area contributed by atoms with E-state index in [0.717, 1.165) is 17.1 Å². The number of H-pyrrole nitrogens is 1. The predicted octanol–water partition coefficient (Wildman–Crippen LogP) is 2.12. The van der Waals surface area contributed by atoms with Crippen LogP contribution in [-0.4, -0.2) is 27.7 Å². The van der Waals surface area contributed by atoms with Gasteiger partial charge in [-0.15, -0.1) is 0 Å². The number of nitrogens with two attached hydrogens (primary N) is 1. The second kappa shape index (κ2) is 6.72. The minimum atomic E-state index is -1.01. The minimum Gasteiger partial charge on any atom is -0.465 e. The SMILES string of the molecule is NC(CCCNC(=O)O)c1ncc(-c2ccccc2)[nH]1. The number of amides is 1. The van der Waals surface area contributed by atoms with Crippen molar-refractivity contribution in [2.45, 2.75) is 18.9 Å². The molecule has 2 rings (SSSR count). The molecule has 2 aromatic rings. The Labute approximate surface area is 117 Å². The molecule has 1 heterocycles. The van der Waals surface area contributed by atoms with E-state index >= 15 is 0 Å². The minimum absolute atomic E-state index is 0.219. The van der Waals surface area contributed by atoms with Gasteiger partial charge in [-0.3, -0.25) is 0 Å². The van der Waals surface area contributed by atoms with Crippen LogP contribution < -0.4 is 11.1 Å². The molecule has 0 saturated carbocycles. The zero-order valence-corrected chi connectivity index (χ0v) is 11.0. The van der Waals surface area contributed by atoms with Crippen LogP contribution >= 0.6 is 0 Å². The Morgan fingerprint density at radius 1 is 1.40 bits per heavy atom. The van der Waals surface area contributed by atoms with Crippen LogP contribution in [0, 0.1) is 0 Å². The number of benzene rings is 1. The number of hydrogen-bond donors (Lipinski definition) is 4. The van der Waals surface area contributed by atoms with E-state index in [0.29, 0.717) is 19.4 Å². The predicted molar refractivity (Wildman–Crippen MR) is 76.2 cm³/mol. The highest BCUT2D eigenvalue weighted by Crippen LogP contribution is 2.19. The molecule has 0 radical (unpaired) electrons. The van der Waals surface area contributed by atoms with E-state index in [9.17, 15) is 4.79 Å². The highest BCUT2D eigenvalue weighted by atomic mass is 16.4. The summed E-state index contributed by atoms with van der Waals surface area (Å²) in [6, 6.07) is 9.67. The van der Waals surface area contributed by atoms with Gasteiger partial charge >= 0.3 is 6.09 Å². The standard InChI is InChI=1S/C14H18N4O2/c15-11(7-4-8-16-14(19)20)13-17-9-12(18-13)10-5-2-1-3-6-10/h1-3,5-6,9,11,16H,4,7-8,15H2,(H,17,18)(H,19,20). The van der Waals surface area contributed by atoms with Crippen molar-refractivity contribution in [1.29, 1.82) is 0 Å². The van der Waals surface area contributed by atoms with Crippen molar-refractivity contribution in [3.05, 3.63) is 42.4 Å². The molecule has 1 amide bonds. The highest BCUT2D eigenvalue weighted by molar-refractivity contribution is 5.64. The fraction of sp³-hybridized carbons (Fsp3) is 0.286. The topological polar surface area (TPSA) is 104 Å². The van der Waals surface area contributed by atoms with Crippen molar-refractivity contribution in [1.82, 2.24) is 15.3 Å². The van der Waals surface area contributed by atoms with Gasteiger partial charge < -0.3 is 21.1 Å². The number of rotatable bonds is 6. The fourth-order valence-electron chi connectivity index (χ4n) is 1.94. The van der Waals surface area contributed by atoms with Crippen molar-refractivity contribution in [2.24, 2.45) is 5.73 Å². The van der Waals surface area contributed by atoms with E-state index in [1.807, 2.05) is 30.3 Å². The van der Waals surface area contributed by atoms with Crippen LogP contribution in [0.3, 0.4) is 0 Å². The third-order valence-electron chi connectivity index (χ3n) is 3.00. The van der Waals surface area contributed by atoms with E-state index < -0.39 is 6.09 Å². The van der Waals surface area contributed by atoms with Crippen molar-refractivity contribution in [3.63, 3.8) is 0 Å². The molecule has 1 aromatic heterocycles. The monoisotopic (exact) mass is 274 g/mol. The Bertz CT molecular complexity index is 553. The number of aromatic nitrogens is 2. The lowest BCUT2D eigenvalue weighted by molar-refractivity contribution is 0.194. The summed E-state index contributed by atoms with van der Waals surface area (Å²) in [5.41, 5.74) is 8.03. The van der Waals surface area contributed by atoms with E-state index in [-0.39, 0.29) is 6.04 Å². The van der Waals surface area contributed by atoms with Crippen LogP contribution in [0.25, 0.3) is 11.3 Å². The molecule has 6 nitrogen and oxygen atoms in total. The Balaban J connectivity index is 1.90. The van der Waals surface area contributed by atoms with Gasteiger partial charge in [-0.1, -0.05) is 30.3 Å². The highest BCUT2D eigenvalue weighted by Gasteiger charge is 2.10. The number of aromatic amines is 1. The summed E-state index contributed by atoms with van der Waals surface area (Å²) in [7, 11) is 0. The molecule has 0 aliphatic heterocycles. The number of nitrogens with zero attached hydrogens (tertiary/aromatic N) is 1. The van der Waals surface area contributed by atoms with Crippen molar-refractivity contribution >= 4 is 6.09 Å². The second-order valence-corrected chi connectivity index (χ2v) is 4.53. The quantitative estimate of drug-likeness (QED) is 0.606. The number of hydrogen-bond acceptors (Lipinski definition) is 3. The molecule has 20 heavy (non-hydrogen) atoms. The molecule has 1 unspecified atom stereocenters. The number of nitrogens with one attached hydrogen (secondary N) is 2. The summed E-state index contributed by atoms with van der Waals surface area (Å²) in [6.45, 7) is 0.398. The van der Waals surface area contributed by atoms with Gasteiger partial charge in [0, 0.05) is 6.54 Å². The van der Waals surface area contributed by atoms with Gasteiger partial charge in [0.15, 0.2) is 0 Å². The van der Waals surface area contributed by atoms with Crippen molar-refractivity contribution < 1.29 is 9.90 Å². The summed E-state index contributed by atoms with van der Waals surface area (Å²) < 4.78 is 0. The number of carbonyl (C=O) groups is 1. The molecule has 1 atom stereocenters. The third-order valence-corrected chi connectivity index (χ3v) is 3.00. The molecule has 6 heteroatoms. The molecular formula is C14H18N4O2. The first kappa shape index (κ1) is 14.1. The first-order chi connectivity index (χ1) is 9.66. The molecule has 0 bridgehead atoms. The van der Waals surface area contributed by atoms with Gasteiger partial charge in [0.05, 0.1) is 17.9 Å². The molecule has 106 valence electrons. The molecule has 0 aliphatic rings. The third kappa shape index (κ3) is 3.83. The molecule has 0 spiro atoms. The van der Waals surface area contributed by atoms with Crippen LogP contribution in [0.1, 0.15) is 24.7 Å². The lowest BCUT2D eigenvalue weighted by Gasteiger charge is -2.08. The fourth-order valence-corrected chi connectivity index (χ4v) is 1.94. The zero-order valence-electron chi connectivity index (χ0n) is 11.0. The van der Waals surface area contributed by atoms with E-state index in [2.05, 4.69) is 15.3 Å². The van der Waals surface area contributed by atoms with Gasteiger partial charge in [0.1, 0.15) is 5.82 Å². The Kier molecular flexibility index (Phi) is 4.73. The average Bonchev–Trinajstić information content (AvgIpc) is 2.94. The lowest BCUT2D eigenvalue weighted by atomic mass is 10.1. The van der Waals surface area contributed by atoms with Crippen LogP contribution in [0.2, 0.25) is 0 Å². The summed E-state index contributed by atoms with van der Waals surface area (Å²) >= 11 is 0. The molecular weight excluding hydrogens is 256 g/mol. The van der Waals surface area contributed by atoms with Crippen LogP contribution in [0.15, 0.2) is 36.5 Å². The summed E-state index contributed by atoms with van der Waals surface area (Å²) in [5, 5.41) is 10.8. The molecule has 1 aromatic carbocycles. The first-order valence-electron chi connectivity index (χ1n) is 6.49. The number of imidazole rings is 1. The first-order valence-corrected chi connectivity index (χ1v) is 6.49. The maximum atomic E-state index is 10.3. The van der Waals surface area contributed by atoms with E-state index in [1.165, 1.54) is 0 Å². The normalized spacial score (nSPS) is 12.1. The number of carboxylic acid groups (broad SMARTS) is 1. The van der Waals surface area contributed by atoms with Crippen LogP contribution in [0.5, 0.6) is 0 Å². The maximum Gasteiger partial charge on any atom is 0.404 e. The van der Waals surface area contributed by atoms with Crippen molar-refractivity contribution in [2.75, 3.05) is 6.54 Å². The molecule has 5 N–H and O–H groups in total. The van der Waals surface area contributed by atoms with Gasteiger partial charge in [-0.2, -0.15) is 0 Å². The summed E-state index contributed by atoms with van der Waals surface area (Å²) in [5.74, 6) is 0.721. The zero-order chi connectivity index (χ0) is 14.4. The van der Waals surface area contributed by atoms with Crippen LogP contribution in [-0.2, 0) is 0 Å². The average molecular weight is 274 g/mol. The maximum absolute atomic E-state index is 10.3. The lowest BCUT2D eigenvalue weighted by Crippen LogP contribution is -2.23. The Morgan fingerprint density at radius 2 is 2.15 bits per heavy atom. The Morgan fingerprint density at radius 3 is 2.85 bits per heavy atom. The van der Waals surface area contributed by atoms with Crippen molar-refractivity contribution in [3.8, 4) is 11.3 Å². The van der Waals surface area contributed by atoms with Crippen LogP contribution in [0.4, 0.5) is 4.79 Å². The Hall–Kier alpha value is -2.34. The molecule has 0 aliphatic carbocycles. The van der Waals surface area contributed by atoms with E-state index in [1.54, 1.807) is 6.20 Å². The second-order valence-electron chi connectivity index (χ2n) is 4.53. The van der Waals surface area contributed by atoms with Gasteiger partial charge in [-0.05, 0) is 18.4 Å². The summed E-state index contributed by atoms with van der Waals surface area (Å²) in [6.07, 6.45) is 2.10. The van der Waals surface area contributed by atoms with Gasteiger partial charge in [0.2, 0.25) is 0 Å². The van der Waals surface area contributed by atoms with Gasteiger partial charge in [-0.25, -0.2) is 9.78 Å².